The minimum absolute atomic E-state index is 0.191. The van der Waals surface area contributed by atoms with Crippen LogP contribution in [0.25, 0.3) is 0 Å². The Morgan fingerprint density at radius 3 is 2.83 bits per heavy atom. The van der Waals surface area contributed by atoms with Crippen LogP contribution in [0.4, 0.5) is 0 Å². The monoisotopic (exact) mass is 315 g/mol. The molecule has 1 heterocycles. The summed E-state index contributed by atoms with van der Waals surface area (Å²) in [6.45, 7) is 5.55. The molecule has 1 aliphatic carbocycles. The lowest BCUT2D eigenvalue weighted by Crippen LogP contribution is -2.39. The highest BCUT2D eigenvalue weighted by Gasteiger charge is 2.23. The summed E-state index contributed by atoms with van der Waals surface area (Å²) >= 11 is 3.59. The quantitative estimate of drug-likeness (QED) is 0.929. The summed E-state index contributed by atoms with van der Waals surface area (Å²) in [6, 6.07) is 0.191. The van der Waals surface area contributed by atoms with Gasteiger partial charge in [0.2, 0.25) is 0 Å². The predicted octanol–water partition coefficient (Wildman–Crippen LogP) is 2.76. The van der Waals surface area contributed by atoms with E-state index in [1.54, 1.807) is 0 Å². The van der Waals surface area contributed by atoms with Crippen molar-refractivity contribution in [2.45, 2.75) is 64.8 Å². The maximum Gasteiger partial charge on any atom is 0.0900 e. The maximum atomic E-state index is 6.10. The molecular weight excluding hydrogens is 294 g/mol. The van der Waals surface area contributed by atoms with E-state index in [4.69, 9.17) is 10.5 Å². The SMILES string of the molecule is CCn1nc(C)c(Br)c1COC1CCCCC1N. The number of nitrogens with zero attached hydrogens (tertiary/aromatic N) is 2. The highest BCUT2D eigenvalue weighted by Crippen LogP contribution is 2.25. The second-order valence-electron chi connectivity index (χ2n) is 4.96. The van der Waals surface area contributed by atoms with Crippen molar-refractivity contribution in [1.82, 2.24) is 9.78 Å². The molecule has 0 spiro atoms. The summed E-state index contributed by atoms with van der Waals surface area (Å²) in [5.41, 5.74) is 8.23. The Hall–Kier alpha value is -0.390. The van der Waals surface area contributed by atoms with E-state index in [1.165, 1.54) is 12.8 Å². The Morgan fingerprint density at radius 1 is 1.44 bits per heavy atom. The number of ether oxygens (including phenoxy) is 1. The molecule has 1 fully saturated rings. The molecule has 2 N–H and O–H groups in total. The fraction of sp³-hybridized carbons (Fsp3) is 0.769. The molecule has 0 radical (unpaired) electrons. The molecule has 5 heteroatoms. The Bertz CT molecular complexity index is 405. The molecule has 1 aliphatic rings. The predicted molar refractivity (Wildman–Crippen MR) is 75.4 cm³/mol. The van der Waals surface area contributed by atoms with Gasteiger partial charge in [-0.15, -0.1) is 0 Å². The fourth-order valence-corrected chi connectivity index (χ4v) is 2.92. The molecule has 0 aromatic carbocycles. The Morgan fingerprint density at radius 2 is 2.17 bits per heavy atom. The van der Waals surface area contributed by atoms with E-state index < -0.39 is 0 Å². The Labute approximate surface area is 117 Å². The van der Waals surface area contributed by atoms with Gasteiger partial charge in [0, 0.05) is 12.6 Å². The number of aromatic nitrogens is 2. The van der Waals surface area contributed by atoms with Gasteiger partial charge in [-0.1, -0.05) is 12.8 Å². The van der Waals surface area contributed by atoms with E-state index >= 15 is 0 Å². The normalized spacial score (nSPS) is 24.4. The molecule has 1 aromatic rings. The number of aryl methyl sites for hydroxylation is 2. The molecule has 2 rings (SSSR count). The first-order chi connectivity index (χ1) is 8.63. The average Bonchev–Trinajstić information content (AvgIpc) is 2.65. The van der Waals surface area contributed by atoms with Crippen molar-refractivity contribution >= 4 is 15.9 Å². The van der Waals surface area contributed by atoms with Gasteiger partial charge < -0.3 is 10.5 Å². The van der Waals surface area contributed by atoms with E-state index in [0.717, 1.165) is 35.2 Å². The van der Waals surface area contributed by atoms with Crippen LogP contribution in [0.15, 0.2) is 4.47 Å². The van der Waals surface area contributed by atoms with Gasteiger partial charge in [-0.25, -0.2) is 0 Å². The maximum absolute atomic E-state index is 6.10. The van der Waals surface area contributed by atoms with Gasteiger partial charge in [0.1, 0.15) is 0 Å². The number of nitrogens with two attached hydrogens (primary N) is 1. The van der Waals surface area contributed by atoms with Crippen molar-refractivity contribution in [3.05, 3.63) is 15.9 Å². The number of hydrogen-bond donors (Lipinski definition) is 1. The van der Waals surface area contributed by atoms with Crippen LogP contribution in [-0.4, -0.2) is 21.9 Å². The first-order valence-corrected chi connectivity index (χ1v) is 7.51. The highest BCUT2D eigenvalue weighted by atomic mass is 79.9. The standard InChI is InChI=1S/C13H22BrN3O/c1-3-17-11(13(14)9(2)16-17)8-18-12-7-5-4-6-10(12)15/h10,12H,3-8,15H2,1-2H3. The molecule has 1 saturated carbocycles. The Kier molecular flexibility index (Phi) is 4.81. The first-order valence-electron chi connectivity index (χ1n) is 6.72. The van der Waals surface area contributed by atoms with Gasteiger partial charge in [0.25, 0.3) is 0 Å². The van der Waals surface area contributed by atoms with Crippen LogP contribution in [-0.2, 0) is 17.9 Å². The van der Waals surface area contributed by atoms with E-state index in [2.05, 4.69) is 28.0 Å². The molecule has 4 nitrogen and oxygen atoms in total. The molecule has 0 bridgehead atoms. The summed E-state index contributed by atoms with van der Waals surface area (Å²) < 4.78 is 9.06. The third kappa shape index (κ3) is 2.95. The van der Waals surface area contributed by atoms with Crippen molar-refractivity contribution < 1.29 is 4.74 Å². The molecule has 18 heavy (non-hydrogen) atoms. The molecule has 0 amide bonds. The van der Waals surface area contributed by atoms with Crippen molar-refractivity contribution in [1.29, 1.82) is 0 Å². The number of halogens is 1. The zero-order valence-electron chi connectivity index (χ0n) is 11.2. The highest BCUT2D eigenvalue weighted by molar-refractivity contribution is 9.10. The van der Waals surface area contributed by atoms with Crippen LogP contribution >= 0.6 is 15.9 Å². The molecule has 2 unspecified atom stereocenters. The molecule has 1 aromatic heterocycles. The van der Waals surface area contributed by atoms with E-state index in [9.17, 15) is 0 Å². The zero-order valence-corrected chi connectivity index (χ0v) is 12.7. The first kappa shape index (κ1) is 14.0. The Balaban J connectivity index is 2.01. The fourth-order valence-electron chi connectivity index (χ4n) is 2.53. The summed E-state index contributed by atoms with van der Waals surface area (Å²) in [4.78, 5) is 0. The molecule has 2 atom stereocenters. The summed E-state index contributed by atoms with van der Waals surface area (Å²) in [6.07, 6.45) is 4.82. The van der Waals surface area contributed by atoms with Gasteiger partial charge in [-0.05, 0) is 42.6 Å². The smallest absolute Gasteiger partial charge is 0.0900 e. The van der Waals surface area contributed by atoms with Crippen molar-refractivity contribution in [2.24, 2.45) is 5.73 Å². The third-order valence-electron chi connectivity index (χ3n) is 3.64. The minimum atomic E-state index is 0.191. The summed E-state index contributed by atoms with van der Waals surface area (Å²) in [5, 5.41) is 4.47. The molecular formula is C13H22BrN3O. The van der Waals surface area contributed by atoms with E-state index in [-0.39, 0.29) is 12.1 Å². The summed E-state index contributed by atoms with van der Waals surface area (Å²) in [5.74, 6) is 0. The van der Waals surface area contributed by atoms with Crippen molar-refractivity contribution in [2.75, 3.05) is 0 Å². The number of hydrogen-bond acceptors (Lipinski definition) is 3. The second-order valence-corrected chi connectivity index (χ2v) is 5.75. The third-order valence-corrected chi connectivity index (χ3v) is 4.67. The lowest BCUT2D eigenvalue weighted by atomic mass is 9.93. The second kappa shape index (κ2) is 6.17. The summed E-state index contributed by atoms with van der Waals surface area (Å²) in [7, 11) is 0. The van der Waals surface area contributed by atoms with Gasteiger partial charge in [-0.2, -0.15) is 5.10 Å². The molecule has 102 valence electrons. The van der Waals surface area contributed by atoms with Crippen molar-refractivity contribution in [3.8, 4) is 0 Å². The van der Waals surface area contributed by atoms with Crippen LogP contribution in [0.2, 0.25) is 0 Å². The van der Waals surface area contributed by atoms with Gasteiger partial charge in [-0.3, -0.25) is 4.68 Å². The van der Waals surface area contributed by atoms with Crippen LogP contribution < -0.4 is 5.73 Å². The topological polar surface area (TPSA) is 53.1 Å². The van der Waals surface area contributed by atoms with Gasteiger partial charge in [0.15, 0.2) is 0 Å². The number of rotatable bonds is 4. The van der Waals surface area contributed by atoms with Gasteiger partial charge in [0.05, 0.1) is 28.6 Å². The van der Waals surface area contributed by atoms with Crippen LogP contribution in [0.5, 0.6) is 0 Å². The van der Waals surface area contributed by atoms with E-state index in [1.807, 2.05) is 11.6 Å². The minimum Gasteiger partial charge on any atom is -0.370 e. The van der Waals surface area contributed by atoms with Gasteiger partial charge >= 0.3 is 0 Å². The molecule has 0 aliphatic heterocycles. The largest absolute Gasteiger partial charge is 0.370 e. The van der Waals surface area contributed by atoms with Crippen LogP contribution in [0.3, 0.4) is 0 Å². The zero-order chi connectivity index (χ0) is 13.1. The molecule has 0 saturated heterocycles. The van der Waals surface area contributed by atoms with Crippen molar-refractivity contribution in [3.63, 3.8) is 0 Å². The van der Waals surface area contributed by atoms with E-state index in [0.29, 0.717) is 6.61 Å². The lowest BCUT2D eigenvalue weighted by Gasteiger charge is -2.28. The van der Waals surface area contributed by atoms with Crippen LogP contribution in [0.1, 0.15) is 44.0 Å². The lowest BCUT2D eigenvalue weighted by molar-refractivity contribution is 0.000794. The average molecular weight is 316 g/mol. The van der Waals surface area contributed by atoms with Crippen LogP contribution in [0, 0.1) is 6.92 Å².